The van der Waals surface area contributed by atoms with Crippen molar-refractivity contribution in [2.45, 2.75) is 40.0 Å². The zero-order chi connectivity index (χ0) is 48.8. The number of nitrogens with zero attached hydrogens (tertiary/aromatic N) is 3. The molecule has 3 nitrogen and oxygen atoms in total. The highest BCUT2D eigenvalue weighted by atomic mass is 19.4. The van der Waals surface area contributed by atoms with E-state index in [1.807, 2.05) is 71.3 Å². The van der Waals surface area contributed by atoms with E-state index in [4.69, 9.17) is 0 Å². The van der Waals surface area contributed by atoms with E-state index in [1.165, 1.54) is 12.1 Å². The summed E-state index contributed by atoms with van der Waals surface area (Å²) in [7, 11) is 0. The van der Waals surface area contributed by atoms with Crippen LogP contribution in [0, 0.1) is 39.0 Å². The van der Waals surface area contributed by atoms with Crippen molar-refractivity contribution >= 4 is 43.6 Å². The van der Waals surface area contributed by atoms with E-state index >= 15 is 0 Å². The fraction of sp³-hybridized carbons (Fsp3) is 0.0984. The number of para-hydroxylation sites is 2. The summed E-state index contributed by atoms with van der Waals surface area (Å²) in [6.45, 7) is 8.22. The molecule has 2 aromatic heterocycles. The molecule has 2 heterocycles. The fourth-order valence-electron chi connectivity index (χ4n) is 10.6. The number of aromatic nitrogens is 2. The summed E-state index contributed by atoms with van der Waals surface area (Å²) >= 11 is 0. The number of nitriles is 1. The first-order chi connectivity index (χ1) is 33.5. The summed E-state index contributed by atoms with van der Waals surface area (Å²) in [5, 5.41) is 14.2. The Labute approximate surface area is 399 Å². The zero-order valence-corrected chi connectivity index (χ0v) is 38.4. The molecule has 0 fully saturated rings. The van der Waals surface area contributed by atoms with Crippen LogP contribution in [0.15, 0.2) is 176 Å². The lowest BCUT2D eigenvalue weighted by Crippen LogP contribution is -2.14. The van der Waals surface area contributed by atoms with Gasteiger partial charge in [-0.05, 0) is 134 Å². The lowest BCUT2D eigenvalue weighted by molar-refractivity contribution is -0.142. The fourth-order valence-corrected chi connectivity index (χ4v) is 10.6. The van der Waals surface area contributed by atoms with Crippen LogP contribution in [0.1, 0.15) is 38.9 Å². The van der Waals surface area contributed by atoms with E-state index in [-0.39, 0.29) is 11.1 Å². The number of halogens is 6. The lowest BCUT2D eigenvalue weighted by Gasteiger charge is -2.22. The van der Waals surface area contributed by atoms with E-state index < -0.39 is 29.0 Å². The molecule has 0 amide bonds. The molecule has 0 saturated carbocycles. The van der Waals surface area contributed by atoms with Crippen molar-refractivity contribution in [2.75, 3.05) is 0 Å². The molecular formula is C61H41F6N3. The monoisotopic (exact) mass is 929 g/mol. The predicted molar refractivity (Wildman–Crippen MR) is 271 cm³/mol. The van der Waals surface area contributed by atoms with Gasteiger partial charge in [-0.2, -0.15) is 31.6 Å². The molecule has 0 atom stereocenters. The van der Waals surface area contributed by atoms with Crippen molar-refractivity contribution in [3.63, 3.8) is 0 Å². The van der Waals surface area contributed by atoms with Gasteiger partial charge in [0.2, 0.25) is 0 Å². The Morgan fingerprint density at radius 1 is 0.371 bits per heavy atom. The third-order valence-corrected chi connectivity index (χ3v) is 13.3. The standard InChI is InChI=1S/C61H41F6N3/c1-35-24-36(2)27-43(26-35)40-17-21-56-48(31-40)45-10-5-7-14-53(45)69(56)55-20-16-39(34-68)30-47(55)50-33-42(59-51(60(62,63)64)12-9-13-52(59)61(65,66)67)19-23-58(50)70-54-15-8-6-11-46(54)49-32-41(18-22-57(49)70)44-28-37(3)25-38(4)29-44/h5-33H,1-4H3. The van der Waals surface area contributed by atoms with Gasteiger partial charge in [0.1, 0.15) is 0 Å². The molecule has 9 heteroatoms. The summed E-state index contributed by atoms with van der Waals surface area (Å²) in [6.07, 6.45) is -10.2. The Morgan fingerprint density at radius 2 is 0.786 bits per heavy atom. The Bertz CT molecular complexity index is 3920. The lowest BCUT2D eigenvalue weighted by atomic mass is 9.90. The number of rotatable bonds is 6. The summed E-state index contributed by atoms with van der Waals surface area (Å²) in [5.74, 6) is 0. The molecule has 0 radical (unpaired) electrons. The third-order valence-electron chi connectivity index (χ3n) is 13.3. The molecule has 11 aromatic rings. The molecule has 0 N–H and O–H groups in total. The minimum atomic E-state index is -5.12. The van der Waals surface area contributed by atoms with Crippen molar-refractivity contribution in [2.24, 2.45) is 0 Å². The number of alkyl halides is 6. The van der Waals surface area contributed by atoms with Crippen LogP contribution in [0.2, 0.25) is 0 Å². The molecule has 0 saturated heterocycles. The quantitative estimate of drug-likeness (QED) is 0.153. The third kappa shape index (κ3) is 7.48. The van der Waals surface area contributed by atoms with E-state index in [2.05, 4.69) is 92.9 Å². The summed E-state index contributed by atoms with van der Waals surface area (Å²) in [4.78, 5) is 0. The summed E-state index contributed by atoms with van der Waals surface area (Å²) in [5.41, 5.74) is 9.69. The van der Waals surface area contributed by atoms with Crippen molar-refractivity contribution in [1.82, 2.24) is 9.13 Å². The molecule has 0 spiro atoms. The van der Waals surface area contributed by atoms with Gasteiger partial charge in [-0.3, -0.25) is 0 Å². The molecule has 0 aliphatic carbocycles. The second-order valence-corrected chi connectivity index (χ2v) is 18.2. The Kier molecular flexibility index (Phi) is 10.4. The van der Waals surface area contributed by atoms with Crippen molar-refractivity contribution in [1.29, 1.82) is 5.26 Å². The molecule has 342 valence electrons. The first-order valence-electron chi connectivity index (χ1n) is 22.8. The highest BCUT2D eigenvalue weighted by molar-refractivity contribution is 6.13. The predicted octanol–water partition coefficient (Wildman–Crippen LogP) is 17.7. The van der Waals surface area contributed by atoms with Gasteiger partial charge in [0, 0.05) is 38.2 Å². The maximum Gasteiger partial charge on any atom is 0.417 e. The van der Waals surface area contributed by atoms with Crippen molar-refractivity contribution in [3.05, 3.63) is 215 Å². The first kappa shape index (κ1) is 44.2. The average Bonchev–Trinajstić information content (AvgIpc) is 3.84. The SMILES string of the molecule is Cc1cc(C)cc(-c2ccc3c(c2)c2ccccc2n3-c2ccc(C#N)cc2-c2cc(-c3c(C(F)(F)F)cccc3C(F)(F)F)ccc2-n2c3ccccc3c3cc(-c4cc(C)cc(C)c4)ccc32)c1. The smallest absolute Gasteiger partial charge is 0.309 e. The van der Waals surface area contributed by atoms with Gasteiger partial charge in [-0.25, -0.2) is 0 Å². The number of benzene rings is 9. The maximum atomic E-state index is 15.0. The van der Waals surface area contributed by atoms with Crippen LogP contribution in [0.4, 0.5) is 26.3 Å². The molecule has 0 aliphatic rings. The van der Waals surface area contributed by atoms with E-state index in [1.54, 1.807) is 24.3 Å². The second kappa shape index (κ2) is 16.4. The topological polar surface area (TPSA) is 33.6 Å². The highest BCUT2D eigenvalue weighted by Crippen LogP contribution is 2.48. The van der Waals surface area contributed by atoms with E-state index in [0.29, 0.717) is 34.6 Å². The van der Waals surface area contributed by atoms with Gasteiger partial charge in [-0.15, -0.1) is 0 Å². The molecule has 0 aliphatic heterocycles. The normalized spacial score (nSPS) is 12.1. The van der Waals surface area contributed by atoms with Gasteiger partial charge in [0.25, 0.3) is 0 Å². The minimum Gasteiger partial charge on any atom is -0.309 e. The number of hydrogen-bond donors (Lipinski definition) is 0. The first-order valence-corrected chi connectivity index (χ1v) is 22.8. The van der Waals surface area contributed by atoms with Crippen molar-refractivity contribution < 1.29 is 26.3 Å². The summed E-state index contributed by atoms with van der Waals surface area (Å²) in [6, 6.07) is 54.8. The maximum absolute atomic E-state index is 15.0. The summed E-state index contributed by atoms with van der Waals surface area (Å²) < 4.78 is 94.0. The van der Waals surface area contributed by atoms with Crippen molar-refractivity contribution in [3.8, 4) is 62.0 Å². The molecule has 0 bridgehead atoms. The Hall–Kier alpha value is -8.35. The Morgan fingerprint density at radius 3 is 1.24 bits per heavy atom. The van der Waals surface area contributed by atoms with Crippen LogP contribution in [0.25, 0.3) is 99.5 Å². The van der Waals surface area contributed by atoms with Crippen LogP contribution in [0.5, 0.6) is 0 Å². The minimum absolute atomic E-state index is 0.250. The largest absolute Gasteiger partial charge is 0.417 e. The average molecular weight is 930 g/mol. The molecule has 11 rings (SSSR count). The van der Waals surface area contributed by atoms with Gasteiger partial charge < -0.3 is 9.13 Å². The van der Waals surface area contributed by atoms with Crippen LogP contribution in [-0.4, -0.2) is 9.13 Å². The zero-order valence-electron chi connectivity index (χ0n) is 38.4. The van der Waals surface area contributed by atoms with Crippen LogP contribution >= 0.6 is 0 Å². The molecule has 0 unspecified atom stereocenters. The number of fused-ring (bicyclic) bond motifs is 6. The van der Waals surface area contributed by atoms with Gasteiger partial charge in [0.05, 0.1) is 56.2 Å². The van der Waals surface area contributed by atoms with Gasteiger partial charge in [-0.1, -0.05) is 119 Å². The molecular weight excluding hydrogens is 889 g/mol. The molecule has 70 heavy (non-hydrogen) atoms. The van der Waals surface area contributed by atoms with Crippen LogP contribution < -0.4 is 0 Å². The van der Waals surface area contributed by atoms with Crippen LogP contribution in [-0.2, 0) is 12.4 Å². The Balaban J connectivity index is 1.25. The molecule has 9 aromatic carbocycles. The highest BCUT2D eigenvalue weighted by Gasteiger charge is 2.41. The van der Waals surface area contributed by atoms with Gasteiger partial charge in [0.15, 0.2) is 0 Å². The van der Waals surface area contributed by atoms with Gasteiger partial charge >= 0.3 is 12.4 Å². The number of hydrogen-bond acceptors (Lipinski definition) is 1. The second-order valence-electron chi connectivity index (χ2n) is 18.2. The van der Waals surface area contributed by atoms with Crippen LogP contribution in [0.3, 0.4) is 0 Å². The van der Waals surface area contributed by atoms with E-state index in [9.17, 15) is 31.6 Å². The number of aryl methyl sites for hydroxylation is 4. The van der Waals surface area contributed by atoms with E-state index in [0.717, 1.165) is 94.2 Å².